The third-order valence-corrected chi connectivity index (χ3v) is 10.2. The lowest BCUT2D eigenvalue weighted by atomic mass is 10.5. The van der Waals surface area contributed by atoms with Crippen molar-refractivity contribution in [3.63, 3.8) is 0 Å². The van der Waals surface area contributed by atoms with E-state index in [1.807, 2.05) is 0 Å². The lowest BCUT2D eigenvalue weighted by Crippen LogP contribution is -2.12. The quantitative estimate of drug-likeness (QED) is 0.357. The fourth-order valence-corrected chi connectivity index (χ4v) is 7.64. The first kappa shape index (κ1) is 21.7. The van der Waals surface area contributed by atoms with Crippen LogP contribution in [0.4, 0.5) is 0 Å². The van der Waals surface area contributed by atoms with Crippen LogP contribution in [0, 0.1) is 0 Å². The molecule has 3 aromatic rings. The molecule has 3 aromatic heterocycles. The van der Waals surface area contributed by atoms with Crippen molar-refractivity contribution in [3.05, 3.63) is 11.0 Å². The molecule has 0 aliphatic carbocycles. The van der Waals surface area contributed by atoms with Gasteiger partial charge in [0.15, 0.2) is 17.4 Å². The first-order valence-corrected chi connectivity index (χ1v) is 13.9. The lowest BCUT2D eigenvalue weighted by molar-refractivity contribution is 0.224. The largest absolute Gasteiger partial charge is 0.391 e. The zero-order valence-electron chi connectivity index (χ0n) is 13.6. The molecule has 0 saturated carbocycles. The molecular weight excluding hydrogens is 485 g/mol. The van der Waals surface area contributed by atoms with Crippen LogP contribution in [-0.4, -0.2) is 76.0 Å². The van der Waals surface area contributed by atoms with Crippen LogP contribution in [0.25, 0.3) is 0 Å². The standard InChI is InChI=1S/C12H14N6O2S7/c19-7(1-21-9-15-13-5-25-9)3-23-11-17-18-12(27-11)24-4-8(20)2-22-10-16-14-6-26-10/h5-8,19-20H,1-4H2. The van der Waals surface area contributed by atoms with Gasteiger partial charge in [-0.1, -0.05) is 81.1 Å². The summed E-state index contributed by atoms with van der Waals surface area (Å²) in [6, 6.07) is 0. The lowest BCUT2D eigenvalue weighted by Gasteiger charge is -2.07. The minimum Gasteiger partial charge on any atom is -0.391 e. The Morgan fingerprint density at radius 1 is 0.667 bits per heavy atom. The summed E-state index contributed by atoms with van der Waals surface area (Å²) in [4.78, 5) is 0. The first-order valence-electron chi connectivity index (χ1n) is 7.42. The summed E-state index contributed by atoms with van der Waals surface area (Å²) in [7, 11) is 0. The van der Waals surface area contributed by atoms with Crippen LogP contribution in [0.5, 0.6) is 0 Å². The second-order valence-electron chi connectivity index (χ2n) is 4.79. The predicted molar refractivity (Wildman–Crippen MR) is 115 cm³/mol. The summed E-state index contributed by atoms with van der Waals surface area (Å²) >= 11 is 10.4. The van der Waals surface area contributed by atoms with Crippen molar-refractivity contribution in [3.8, 4) is 0 Å². The van der Waals surface area contributed by atoms with Crippen LogP contribution in [0.1, 0.15) is 0 Å². The molecule has 8 nitrogen and oxygen atoms in total. The monoisotopic (exact) mass is 498 g/mol. The minimum absolute atomic E-state index is 0.455. The van der Waals surface area contributed by atoms with Gasteiger partial charge in [-0.05, 0) is 0 Å². The molecule has 0 aromatic carbocycles. The van der Waals surface area contributed by atoms with E-state index in [0.717, 1.165) is 17.4 Å². The highest BCUT2D eigenvalue weighted by Gasteiger charge is 2.13. The number of hydrogen-bond acceptors (Lipinski definition) is 15. The molecule has 2 unspecified atom stereocenters. The fourth-order valence-electron chi connectivity index (χ4n) is 1.53. The van der Waals surface area contributed by atoms with Crippen molar-refractivity contribution in [2.45, 2.75) is 29.6 Å². The van der Waals surface area contributed by atoms with E-state index < -0.39 is 12.2 Å². The summed E-state index contributed by atoms with van der Waals surface area (Å²) in [6.07, 6.45) is -0.911. The van der Waals surface area contributed by atoms with Gasteiger partial charge in [-0.2, -0.15) is 0 Å². The third-order valence-electron chi connectivity index (χ3n) is 2.66. The second-order valence-corrected chi connectivity index (χ2v) is 12.5. The van der Waals surface area contributed by atoms with Gasteiger partial charge >= 0.3 is 0 Å². The molecule has 0 fully saturated rings. The molecule has 146 valence electrons. The summed E-state index contributed by atoms with van der Waals surface area (Å²) in [5.74, 6) is 2.24. The average molecular weight is 499 g/mol. The topological polar surface area (TPSA) is 118 Å². The van der Waals surface area contributed by atoms with Crippen LogP contribution in [-0.2, 0) is 0 Å². The molecule has 0 aliphatic rings. The molecule has 3 heterocycles. The van der Waals surface area contributed by atoms with E-state index in [4.69, 9.17) is 0 Å². The molecule has 0 bridgehead atoms. The predicted octanol–water partition coefficient (Wildman–Crippen LogP) is 2.73. The number of aromatic nitrogens is 6. The Kier molecular flexibility index (Phi) is 9.54. The highest BCUT2D eigenvalue weighted by atomic mass is 32.2. The Balaban J connectivity index is 1.31. The maximum absolute atomic E-state index is 10.1. The van der Waals surface area contributed by atoms with Crippen LogP contribution < -0.4 is 0 Å². The van der Waals surface area contributed by atoms with E-state index in [0.29, 0.717) is 23.0 Å². The molecule has 2 N–H and O–H groups in total. The highest BCUT2D eigenvalue weighted by molar-refractivity contribution is 8.03. The van der Waals surface area contributed by atoms with Crippen LogP contribution in [0.2, 0.25) is 0 Å². The zero-order valence-corrected chi connectivity index (χ0v) is 19.3. The van der Waals surface area contributed by atoms with E-state index in [1.165, 1.54) is 81.1 Å². The molecule has 0 aliphatic heterocycles. The van der Waals surface area contributed by atoms with E-state index in [1.54, 1.807) is 11.0 Å². The van der Waals surface area contributed by atoms with E-state index in [9.17, 15) is 10.2 Å². The third kappa shape index (κ3) is 8.10. The fraction of sp³-hybridized carbons (Fsp3) is 0.500. The Bertz CT molecular complexity index is 708. The van der Waals surface area contributed by atoms with Crippen molar-refractivity contribution in [1.82, 2.24) is 30.6 Å². The second kappa shape index (κ2) is 11.9. The number of nitrogens with zero attached hydrogens (tertiary/aromatic N) is 6. The zero-order chi connectivity index (χ0) is 18.9. The molecule has 0 saturated heterocycles. The molecule has 2 atom stereocenters. The van der Waals surface area contributed by atoms with Gasteiger partial charge in [0.2, 0.25) is 0 Å². The maximum Gasteiger partial charge on any atom is 0.175 e. The van der Waals surface area contributed by atoms with Gasteiger partial charge in [0.05, 0.1) is 12.2 Å². The van der Waals surface area contributed by atoms with Crippen molar-refractivity contribution >= 4 is 81.1 Å². The Morgan fingerprint density at radius 2 is 1.07 bits per heavy atom. The van der Waals surface area contributed by atoms with Crippen LogP contribution >= 0.6 is 81.1 Å². The van der Waals surface area contributed by atoms with Gasteiger partial charge in [-0.25, -0.2) is 0 Å². The number of aliphatic hydroxyl groups excluding tert-OH is 2. The van der Waals surface area contributed by atoms with E-state index in [-0.39, 0.29) is 0 Å². The SMILES string of the molecule is OC(CSc1nncs1)CSc1nnc(SCC(O)CSc2nncs2)s1. The first-order chi connectivity index (χ1) is 13.2. The molecule has 0 spiro atoms. The van der Waals surface area contributed by atoms with Crippen molar-refractivity contribution < 1.29 is 10.2 Å². The number of aliphatic hydroxyl groups is 2. The smallest absolute Gasteiger partial charge is 0.175 e. The molecule has 15 heteroatoms. The maximum atomic E-state index is 10.1. The van der Waals surface area contributed by atoms with Gasteiger partial charge in [0.1, 0.15) is 11.0 Å². The molecule has 3 rings (SSSR count). The van der Waals surface area contributed by atoms with Crippen LogP contribution in [0.3, 0.4) is 0 Å². The van der Waals surface area contributed by atoms with Crippen molar-refractivity contribution in [2.24, 2.45) is 0 Å². The summed E-state index contributed by atoms with van der Waals surface area (Å²) < 4.78 is 3.35. The van der Waals surface area contributed by atoms with Crippen LogP contribution in [0.15, 0.2) is 28.4 Å². The average Bonchev–Trinajstić information content (AvgIpc) is 3.44. The molecular formula is C12H14N6O2S7. The Labute approximate surface area is 184 Å². The molecule has 0 radical (unpaired) electrons. The Hall–Kier alpha value is -0.000000000000000167. The molecule has 27 heavy (non-hydrogen) atoms. The summed E-state index contributed by atoms with van der Waals surface area (Å²) in [5.41, 5.74) is 3.35. The highest BCUT2D eigenvalue weighted by Crippen LogP contribution is 2.31. The van der Waals surface area contributed by atoms with E-state index in [2.05, 4.69) is 30.6 Å². The normalized spacial score (nSPS) is 13.7. The van der Waals surface area contributed by atoms with Gasteiger partial charge in [0, 0.05) is 23.0 Å². The summed E-state index contributed by atoms with van der Waals surface area (Å²) in [5, 5.41) is 43.8. The molecule has 0 amide bonds. The number of rotatable bonds is 12. The minimum atomic E-state index is -0.455. The number of hydrogen-bond donors (Lipinski definition) is 2. The van der Waals surface area contributed by atoms with Gasteiger partial charge < -0.3 is 10.2 Å². The van der Waals surface area contributed by atoms with Gasteiger partial charge in [0.25, 0.3) is 0 Å². The Morgan fingerprint density at radius 3 is 1.44 bits per heavy atom. The number of thioether (sulfide) groups is 4. The van der Waals surface area contributed by atoms with E-state index >= 15 is 0 Å². The summed E-state index contributed by atoms with van der Waals surface area (Å²) in [6.45, 7) is 0. The van der Waals surface area contributed by atoms with Crippen molar-refractivity contribution in [2.75, 3.05) is 23.0 Å². The van der Waals surface area contributed by atoms with Gasteiger partial charge in [-0.15, -0.1) is 30.6 Å². The van der Waals surface area contributed by atoms with Crippen molar-refractivity contribution in [1.29, 1.82) is 0 Å². The van der Waals surface area contributed by atoms with Gasteiger partial charge in [-0.3, -0.25) is 0 Å².